The summed E-state index contributed by atoms with van der Waals surface area (Å²) in [5.41, 5.74) is 1.36. The molecule has 0 saturated carbocycles. The van der Waals surface area contributed by atoms with E-state index in [-0.39, 0.29) is 42.6 Å². The average Bonchev–Trinajstić information content (AvgIpc) is 3.42. The van der Waals surface area contributed by atoms with Crippen molar-refractivity contribution in [3.8, 4) is 0 Å². The Morgan fingerprint density at radius 2 is 1.83 bits per heavy atom. The second-order valence-electron chi connectivity index (χ2n) is 9.28. The first-order valence-electron chi connectivity index (χ1n) is 11.9. The average molecular weight is 498 g/mol. The van der Waals surface area contributed by atoms with E-state index in [9.17, 15) is 22.8 Å². The third-order valence-electron chi connectivity index (χ3n) is 7.05. The topological polar surface area (TPSA) is 65.8 Å². The molecule has 2 amide bonds. The molecule has 1 N–H and O–H groups in total. The number of hydrogen-bond donors (Lipinski definition) is 1. The van der Waals surface area contributed by atoms with Gasteiger partial charge in [0.2, 0.25) is 5.91 Å². The maximum absolute atomic E-state index is 13.6. The molecular formula is C27H26F3N3O3. The molecule has 1 saturated heterocycles. The number of amides is 2. The lowest BCUT2D eigenvalue weighted by molar-refractivity contribution is -0.137. The van der Waals surface area contributed by atoms with Crippen molar-refractivity contribution in [2.45, 2.75) is 31.6 Å². The van der Waals surface area contributed by atoms with Crippen LogP contribution in [0.5, 0.6) is 0 Å². The van der Waals surface area contributed by atoms with E-state index in [4.69, 9.17) is 4.42 Å². The summed E-state index contributed by atoms with van der Waals surface area (Å²) in [6, 6.07) is 15.7. The Morgan fingerprint density at radius 3 is 2.53 bits per heavy atom. The van der Waals surface area contributed by atoms with E-state index >= 15 is 0 Å². The SMILES string of the molecule is C[C@H](NC(=O)[C@H]1Cc2cc(C(F)(F)F)ccc2N2CCN(C(=O)c3ccco3)C[C@H]12)c1ccccc1. The molecule has 0 radical (unpaired) electrons. The Hall–Kier alpha value is -3.75. The summed E-state index contributed by atoms with van der Waals surface area (Å²) in [5.74, 6) is -0.945. The first-order chi connectivity index (χ1) is 17.2. The molecule has 36 heavy (non-hydrogen) atoms. The number of benzene rings is 2. The third-order valence-corrected chi connectivity index (χ3v) is 7.05. The molecule has 2 aliphatic heterocycles. The van der Waals surface area contributed by atoms with E-state index in [1.807, 2.05) is 42.2 Å². The molecule has 5 rings (SSSR count). The highest BCUT2D eigenvalue weighted by Crippen LogP contribution is 2.40. The van der Waals surface area contributed by atoms with Gasteiger partial charge in [-0.2, -0.15) is 13.2 Å². The van der Waals surface area contributed by atoms with Crippen molar-refractivity contribution in [3.05, 3.63) is 89.4 Å². The molecule has 3 heterocycles. The van der Waals surface area contributed by atoms with Crippen LogP contribution in [0.1, 0.15) is 40.2 Å². The minimum Gasteiger partial charge on any atom is -0.459 e. The monoisotopic (exact) mass is 497 g/mol. The van der Waals surface area contributed by atoms with Gasteiger partial charge in [0.25, 0.3) is 5.91 Å². The fraction of sp³-hybridized carbons (Fsp3) is 0.333. The number of nitrogens with zero attached hydrogens (tertiary/aromatic N) is 2. The number of halogens is 3. The highest BCUT2D eigenvalue weighted by Gasteiger charge is 2.44. The summed E-state index contributed by atoms with van der Waals surface area (Å²) in [7, 11) is 0. The van der Waals surface area contributed by atoms with Gasteiger partial charge >= 0.3 is 6.18 Å². The lowest BCUT2D eigenvalue weighted by Crippen LogP contribution is -2.62. The van der Waals surface area contributed by atoms with Crippen molar-refractivity contribution >= 4 is 17.5 Å². The Kier molecular flexibility index (Phi) is 6.24. The van der Waals surface area contributed by atoms with Crippen molar-refractivity contribution in [2.75, 3.05) is 24.5 Å². The minimum absolute atomic E-state index is 0.149. The van der Waals surface area contributed by atoms with Crippen molar-refractivity contribution in [1.82, 2.24) is 10.2 Å². The Balaban J connectivity index is 1.45. The number of anilines is 1. The third kappa shape index (κ3) is 4.57. The molecule has 0 bridgehead atoms. The lowest BCUT2D eigenvalue weighted by atomic mass is 9.82. The molecule has 188 valence electrons. The number of alkyl halides is 3. The quantitative estimate of drug-likeness (QED) is 0.569. The van der Waals surface area contributed by atoms with E-state index in [1.165, 1.54) is 12.3 Å². The molecule has 9 heteroatoms. The molecule has 1 aromatic heterocycles. The van der Waals surface area contributed by atoms with Crippen LogP contribution in [0.15, 0.2) is 71.3 Å². The maximum Gasteiger partial charge on any atom is 0.416 e. The predicted octanol–water partition coefficient (Wildman–Crippen LogP) is 4.68. The van der Waals surface area contributed by atoms with Crippen molar-refractivity contribution in [2.24, 2.45) is 5.92 Å². The van der Waals surface area contributed by atoms with Gasteiger partial charge in [0, 0.05) is 25.3 Å². The minimum atomic E-state index is -4.47. The summed E-state index contributed by atoms with van der Waals surface area (Å²) in [4.78, 5) is 30.1. The number of furan rings is 1. The van der Waals surface area contributed by atoms with Gasteiger partial charge in [0.05, 0.1) is 29.8 Å². The summed E-state index contributed by atoms with van der Waals surface area (Å²) in [5, 5.41) is 3.04. The Labute approximate surface area is 206 Å². The molecule has 6 nitrogen and oxygen atoms in total. The second kappa shape index (κ2) is 9.37. The van der Waals surface area contributed by atoms with Crippen molar-refractivity contribution in [1.29, 1.82) is 0 Å². The van der Waals surface area contributed by atoms with E-state index in [0.717, 1.165) is 17.7 Å². The van der Waals surface area contributed by atoms with E-state index in [2.05, 4.69) is 5.32 Å². The highest BCUT2D eigenvalue weighted by atomic mass is 19.4. The molecule has 2 aromatic carbocycles. The van der Waals surface area contributed by atoms with Gasteiger partial charge in [-0.05, 0) is 54.8 Å². The number of piperazine rings is 1. The second-order valence-corrected chi connectivity index (χ2v) is 9.28. The number of rotatable bonds is 4. The van der Waals surface area contributed by atoms with E-state index in [0.29, 0.717) is 24.3 Å². The van der Waals surface area contributed by atoms with Gasteiger partial charge in [0.1, 0.15) is 0 Å². The van der Waals surface area contributed by atoms with Gasteiger partial charge in [-0.15, -0.1) is 0 Å². The fourth-order valence-electron chi connectivity index (χ4n) is 5.19. The first kappa shape index (κ1) is 24.0. The van der Waals surface area contributed by atoms with Crippen molar-refractivity contribution < 1.29 is 27.2 Å². The number of carbonyl (C=O) groups excluding carboxylic acids is 2. The van der Waals surface area contributed by atoms with Crippen LogP contribution in [0.4, 0.5) is 18.9 Å². The molecule has 1 fully saturated rings. The van der Waals surface area contributed by atoms with Gasteiger partial charge in [0.15, 0.2) is 5.76 Å². The zero-order valence-corrected chi connectivity index (χ0v) is 19.7. The predicted molar refractivity (Wildman–Crippen MR) is 127 cm³/mol. The van der Waals surface area contributed by atoms with E-state index < -0.39 is 17.7 Å². The van der Waals surface area contributed by atoms with Crippen LogP contribution in [0, 0.1) is 5.92 Å². The summed E-state index contributed by atoms with van der Waals surface area (Å²) in [6.07, 6.45) is -2.89. The van der Waals surface area contributed by atoms with Crippen LogP contribution in [0.25, 0.3) is 0 Å². The standard InChI is InChI=1S/C27H26F3N3O3/c1-17(18-6-3-2-4-7-18)31-25(34)21-15-19-14-20(27(28,29)30)9-10-22(19)33-12-11-32(16-23(21)33)26(35)24-8-5-13-36-24/h2-10,13-14,17,21,23H,11-12,15-16H2,1H3,(H,31,34)/t17-,21-,23+/m0/s1. The van der Waals surface area contributed by atoms with Gasteiger partial charge in [-0.1, -0.05) is 30.3 Å². The number of nitrogens with one attached hydrogen (secondary N) is 1. The fourth-order valence-corrected chi connectivity index (χ4v) is 5.19. The molecule has 2 aliphatic rings. The number of carbonyl (C=O) groups is 2. The zero-order valence-electron chi connectivity index (χ0n) is 19.7. The maximum atomic E-state index is 13.6. The molecule has 0 aliphatic carbocycles. The van der Waals surface area contributed by atoms with Crippen LogP contribution in [0.3, 0.4) is 0 Å². The zero-order chi connectivity index (χ0) is 25.4. The molecule has 0 unspecified atom stereocenters. The van der Waals surface area contributed by atoms with Crippen LogP contribution in [-0.2, 0) is 17.4 Å². The Bertz CT molecular complexity index is 1240. The molecule has 0 spiro atoms. The summed E-state index contributed by atoms with van der Waals surface area (Å²) < 4.78 is 45.6. The smallest absolute Gasteiger partial charge is 0.416 e. The van der Waals surface area contributed by atoms with Crippen LogP contribution < -0.4 is 10.2 Å². The number of fused-ring (bicyclic) bond motifs is 3. The van der Waals surface area contributed by atoms with Gasteiger partial charge in [-0.25, -0.2) is 0 Å². The Morgan fingerprint density at radius 1 is 1.06 bits per heavy atom. The normalized spacial score (nSPS) is 20.3. The van der Waals surface area contributed by atoms with Crippen molar-refractivity contribution in [3.63, 3.8) is 0 Å². The van der Waals surface area contributed by atoms with Gasteiger partial charge in [-0.3, -0.25) is 9.59 Å². The van der Waals surface area contributed by atoms with Crippen LogP contribution >= 0.6 is 0 Å². The number of hydrogen-bond acceptors (Lipinski definition) is 4. The van der Waals surface area contributed by atoms with Crippen LogP contribution in [0.2, 0.25) is 0 Å². The molecule has 3 atom stereocenters. The highest BCUT2D eigenvalue weighted by molar-refractivity contribution is 5.92. The van der Waals surface area contributed by atoms with E-state index in [1.54, 1.807) is 17.0 Å². The molecular weight excluding hydrogens is 471 g/mol. The largest absolute Gasteiger partial charge is 0.459 e. The lowest BCUT2D eigenvalue weighted by Gasteiger charge is -2.49. The summed E-state index contributed by atoms with van der Waals surface area (Å²) in [6.45, 7) is 2.90. The summed E-state index contributed by atoms with van der Waals surface area (Å²) >= 11 is 0. The first-order valence-corrected chi connectivity index (χ1v) is 11.9. The van der Waals surface area contributed by atoms with Crippen LogP contribution in [-0.4, -0.2) is 42.4 Å². The molecule has 3 aromatic rings. The van der Waals surface area contributed by atoms with Gasteiger partial charge < -0.3 is 19.5 Å².